The van der Waals surface area contributed by atoms with Crippen LogP contribution in [-0.4, -0.2) is 27.9 Å². The van der Waals surface area contributed by atoms with Gasteiger partial charge in [-0.1, -0.05) is 13.8 Å². The molecule has 0 aromatic heterocycles. The molecule has 20 heavy (non-hydrogen) atoms. The van der Waals surface area contributed by atoms with Crippen LogP contribution >= 0.6 is 0 Å². The highest BCUT2D eigenvalue weighted by molar-refractivity contribution is 5.98. The molecule has 7 heteroatoms. The summed E-state index contributed by atoms with van der Waals surface area (Å²) in [7, 11) is 0. The molecule has 0 spiro atoms. The van der Waals surface area contributed by atoms with Gasteiger partial charge < -0.3 is 10.4 Å². The SMILES string of the molecule is CC(C)C(C)NC(=O)c1cc(C(=O)O)cc([N+](=O)[O-])c1. The highest BCUT2D eigenvalue weighted by Crippen LogP contribution is 2.18. The van der Waals surface area contributed by atoms with Crippen LogP contribution in [0.1, 0.15) is 41.5 Å². The Hall–Kier alpha value is -2.44. The van der Waals surface area contributed by atoms with Crippen LogP contribution in [0.25, 0.3) is 0 Å². The molecule has 0 saturated carbocycles. The summed E-state index contributed by atoms with van der Waals surface area (Å²) in [4.78, 5) is 32.9. The Morgan fingerprint density at radius 3 is 2.20 bits per heavy atom. The summed E-state index contributed by atoms with van der Waals surface area (Å²) in [6, 6.07) is 2.98. The number of carboxylic acid groups (broad SMARTS) is 1. The molecular weight excluding hydrogens is 264 g/mol. The third-order valence-electron chi connectivity index (χ3n) is 3.00. The lowest BCUT2D eigenvalue weighted by Crippen LogP contribution is -2.36. The number of rotatable bonds is 5. The molecule has 0 fully saturated rings. The van der Waals surface area contributed by atoms with Gasteiger partial charge in [-0.15, -0.1) is 0 Å². The third kappa shape index (κ3) is 3.78. The molecule has 0 heterocycles. The van der Waals surface area contributed by atoms with Crippen molar-refractivity contribution in [1.29, 1.82) is 0 Å². The van der Waals surface area contributed by atoms with Gasteiger partial charge in [0.15, 0.2) is 0 Å². The average Bonchev–Trinajstić information content (AvgIpc) is 2.37. The Morgan fingerprint density at radius 1 is 1.20 bits per heavy atom. The highest BCUT2D eigenvalue weighted by Gasteiger charge is 2.19. The van der Waals surface area contributed by atoms with Gasteiger partial charge in [-0.05, 0) is 18.9 Å². The summed E-state index contributed by atoms with van der Waals surface area (Å²) < 4.78 is 0. The topological polar surface area (TPSA) is 110 Å². The van der Waals surface area contributed by atoms with E-state index >= 15 is 0 Å². The molecule has 0 bridgehead atoms. The number of carbonyl (C=O) groups excluding carboxylic acids is 1. The summed E-state index contributed by atoms with van der Waals surface area (Å²) in [6.45, 7) is 5.64. The van der Waals surface area contributed by atoms with Crippen LogP contribution < -0.4 is 5.32 Å². The fourth-order valence-corrected chi connectivity index (χ4v) is 1.43. The van der Waals surface area contributed by atoms with Crippen LogP contribution in [0.3, 0.4) is 0 Å². The zero-order chi connectivity index (χ0) is 15.4. The number of nitrogens with zero attached hydrogens (tertiary/aromatic N) is 1. The predicted octanol–water partition coefficient (Wildman–Crippen LogP) is 2.07. The van der Waals surface area contributed by atoms with E-state index in [9.17, 15) is 19.7 Å². The monoisotopic (exact) mass is 280 g/mol. The van der Waals surface area contributed by atoms with E-state index < -0.39 is 22.5 Å². The van der Waals surface area contributed by atoms with E-state index in [0.29, 0.717) is 0 Å². The van der Waals surface area contributed by atoms with Crippen molar-refractivity contribution in [2.75, 3.05) is 0 Å². The number of carbonyl (C=O) groups is 2. The van der Waals surface area contributed by atoms with Crippen molar-refractivity contribution in [3.05, 3.63) is 39.4 Å². The minimum atomic E-state index is -1.32. The number of benzene rings is 1. The molecule has 1 amide bonds. The maximum Gasteiger partial charge on any atom is 0.335 e. The molecular formula is C13H16N2O5. The van der Waals surface area contributed by atoms with E-state index in [-0.39, 0.29) is 23.1 Å². The average molecular weight is 280 g/mol. The number of aromatic carboxylic acids is 1. The first kappa shape index (κ1) is 15.6. The standard InChI is InChI=1S/C13H16N2O5/c1-7(2)8(3)14-12(16)9-4-10(13(17)18)6-11(5-9)15(19)20/h4-8H,1-3H3,(H,14,16)(H,17,18). The maximum atomic E-state index is 12.0. The van der Waals surface area contributed by atoms with Gasteiger partial charge in [0, 0.05) is 23.7 Å². The number of amides is 1. The molecule has 0 aliphatic heterocycles. The molecule has 1 aromatic carbocycles. The van der Waals surface area contributed by atoms with E-state index in [1.165, 1.54) is 0 Å². The first-order valence-electron chi connectivity index (χ1n) is 6.06. The predicted molar refractivity (Wildman–Crippen MR) is 71.8 cm³/mol. The summed E-state index contributed by atoms with van der Waals surface area (Å²) in [6.07, 6.45) is 0. The van der Waals surface area contributed by atoms with Crippen molar-refractivity contribution < 1.29 is 19.6 Å². The lowest BCUT2D eigenvalue weighted by molar-refractivity contribution is -0.384. The van der Waals surface area contributed by atoms with Crippen LogP contribution in [0, 0.1) is 16.0 Å². The molecule has 1 rings (SSSR count). The second-order valence-corrected chi connectivity index (χ2v) is 4.84. The lowest BCUT2D eigenvalue weighted by atomic mass is 10.0. The molecule has 0 aliphatic carbocycles. The lowest BCUT2D eigenvalue weighted by Gasteiger charge is -2.17. The van der Waals surface area contributed by atoms with Crippen LogP contribution in [0.4, 0.5) is 5.69 Å². The van der Waals surface area contributed by atoms with Gasteiger partial charge >= 0.3 is 5.97 Å². The fourth-order valence-electron chi connectivity index (χ4n) is 1.43. The Bertz CT molecular complexity index is 521. The van der Waals surface area contributed by atoms with E-state index in [2.05, 4.69) is 5.32 Å². The maximum absolute atomic E-state index is 12.0. The summed E-state index contributed by atoms with van der Waals surface area (Å²) in [5, 5.41) is 22.3. The number of nitro groups is 1. The van der Waals surface area contributed by atoms with Gasteiger partial charge in [-0.25, -0.2) is 4.79 Å². The van der Waals surface area contributed by atoms with Crippen molar-refractivity contribution in [2.45, 2.75) is 26.8 Å². The molecule has 108 valence electrons. The Labute approximate surface area is 115 Å². The van der Waals surface area contributed by atoms with E-state index in [4.69, 9.17) is 5.11 Å². The summed E-state index contributed by atoms with van der Waals surface area (Å²) >= 11 is 0. The van der Waals surface area contributed by atoms with Gasteiger partial charge in [0.2, 0.25) is 0 Å². The quantitative estimate of drug-likeness (QED) is 0.633. The number of hydrogen-bond acceptors (Lipinski definition) is 4. The first-order chi connectivity index (χ1) is 9.22. The Morgan fingerprint density at radius 2 is 1.75 bits per heavy atom. The van der Waals surface area contributed by atoms with Gasteiger partial charge in [0.05, 0.1) is 10.5 Å². The van der Waals surface area contributed by atoms with Crippen LogP contribution in [0.2, 0.25) is 0 Å². The first-order valence-corrected chi connectivity index (χ1v) is 6.06. The highest BCUT2D eigenvalue weighted by atomic mass is 16.6. The molecule has 1 aromatic rings. The van der Waals surface area contributed by atoms with Crippen molar-refractivity contribution in [3.8, 4) is 0 Å². The van der Waals surface area contributed by atoms with Crippen molar-refractivity contribution in [1.82, 2.24) is 5.32 Å². The molecule has 1 atom stereocenters. The number of nitro benzene ring substituents is 1. The molecule has 0 radical (unpaired) electrons. The summed E-state index contributed by atoms with van der Waals surface area (Å²) in [5.41, 5.74) is -0.752. The van der Waals surface area contributed by atoms with E-state index in [0.717, 1.165) is 18.2 Å². The second-order valence-electron chi connectivity index (χ2n) is 4.84. The second kappa shape index (κ2) is 6.14. The molecule has 0 aliphatic rings. The van der Waals surface area contributed by atoms with Gasteiger partial charge in [0.25, 0.3) is 11.6 Å². The minimum absolute atomic E-state index is 0.0379. The molecule has 0 saturated heterocycles. The fraction of sp³-hybridized carbons (Fsp3) is 0.385. The smallest absolute Gasteiger partial charge is 0.335 e. The van der Waals surface area contributed by atoms with Gasteiger partial charge in [-0.2, -0.15) is 0 Å². The zero-order valence-electron chi connectivity index (χ0n) is 11.4. The van der Waals surface area contributed by atoms with E-state index in [1.807, 2.05) is 13.8 Å². The Kier molecular flexibility index (Phi) is 4.79. The number of non-ortho nitro benzene ring substituents is 1. The number of nitrogens with one attached hydrogen (secondary N) is 1. The number of hydrogen-bond donors (Lipinski definition) is 2. The van der Waals surface area contributed by atoms with Crippen molar-refractivity contribution >= 4 is 17.6 Å². The molecule has 1 unspecified atom stereocenters. The van der Waals surface area contributed by atoms with Gasteiger partial charge in [-0.3, -0.25) is 14.9 Å². The largest absolute Gasteiger partial charge is 0.478 e. The van der Waals surface area contributed by atoms with Gasteiger partial charge in [0.1, 0.15) is 0 Å². The van der Waals surface area contributed by atoms with Crippen molar-refractivity contribution in [2.24, 2.45) is 5.92 Å². The third-order valence-corrected chi connectivity index (χ3v) is 3.00. The van der Waals surface area contributed by atoms with Crippen LogP contribution in [-0.2, 0) is 0 Å². The van der Waals surface area contributed by atoms with Crippen molar-refractivity contribution in [3.63, 3.8) is 0 Å². The zero-order valence-corrected chi connectivity index (χ0v) is 11.4. The summed E-state index contributed by atoms with van der Waals surface area (Å²) in [5.74, 6) is -1.66. The minimum Gasteiger partial charge on any atom is -0.478 e. The Balaban J connectivity index is 3.13. The van der Waals surface area contributed by atoms with Crippen LogP contribution in [0.5, 0.6) is 0 Å². The molecule has 7 nitrogen and oxygen atoms in total. The van der Waals surface area contributed by atoms with Crippen LogP contribution in [0.15, 0.2) is 18.2 Å². The normalized spacial score (nSPS) is 12.0. The number of carboxylic acids is 1. The van der Waals surface area contributed by atoms with E-state index in [1.54, 1.807) is 6.92 Å². The molecule has 2 N–H and O–H groups in total.